The van der Waals surface area contributed by atoms with Gasteiger partial charge in [0.15, 0.2) is 0 Å². The molecule has 6 heteroatoms. The summed E-state index contributed by atoms with van der Waals surface area (Å²) in [5.74, 6) is 0.0634. The Morgan fingerprint density at radius 2 is 2.16 bits per heavy atom. The average Bonchev–Trinajstić information content (AvgIpc) is 3.41. The number of hydrogen-bond acceptors (Lipinski definition) is 4. The summed E-state index contributed by atoms with van der Waals surface area (Å²) in [5, 5.41) is 9.69. The van der Waals surface area contributed by atoms with Crippen LogP contribution in [0.3, 0.4) is 0 Å². The van der Waals surface area contributed by atoms with E-state index in [2.05, 4.69) is 20.5 Å². The van der Waals surface area contributed by atoms with Gasteiger partial charge in [0.2, 0.25) is 5.91 Å². The topological polar surface area (TPSA) is 65.2 Å². The summed E-state index contributed by atoms with van der Waals surface area (Å²) < 4.78 is 2.34. The van der Waals surface area contributed by atoms with Gasteiger partial charge in [0, 0.05) is 38.3 Å². The van der Waals surface area contributed by atoms with E-state index in [4.69, 9.17) is 0 Å². The maximum atomic E-state index is 12.8. The van der Waals surface area contributed by atoms with E-state index in [1.165, 1.54) is 25.0 Å². The highest BCUT2D eigenvalue weighted by Crippen LogP contribution is 2.37. The molecule has 1 aromatic heterocycles. The van der Waals surface area contributed by atoms with Crippen LogP contribution in [0.4, 0.5) is 0 Å². The molecule has 0 radical (unpaired) electrons. The smallest absolute Gasteiger partial charge is 0.237 e. The molecule has 4 rings (SSSR count). The first-order valence-electron chi connectivity index (χ1n) is 9.58. The van der Waals surface area contributed by atoms with Gasteiger partial charge in [0.05, 0.1) is 24.6 Å². The van der Waals surface area contributed by atoms with Crippen molar-refractivity contribution in [2.45, 2.75) is 69.5 Å². The number of hydrogen-bond donors (Lipinski definition) is 0. The van der Waals surface area contributed by atoms with E-state index >= 15 is 0 Å². The van der Waals surface area contributed by atoms with Gasteiger partial charge >= 0.3 is 0 Å². The van der Waals surface area contributed by atoms with E-state index in [1.54, 1.807) is 4.90 Å². The Hall–Kier alpha value is -1.87. The first-order chi connectivity index (χ1) is 12.1. The number of rotatable bonds is 4. The van der Waals surface area contributed by atoms with Gasteiger partial charge in [-0.15, -0.1) is 0 Å². The summed E-state index contributed by atoms with van der Waals surface area (Å²) in [5.41, 5.74) is 1.89. The predicted octanol–water partition coefficient (Wildman–Crippen LogP) is 2.26. The van der Waals surface area contributed by atoms with Crippen LogP contribution >= 0.6 is 0 Å². The Kier molecular flexibility index (Phi) is 4.28. The number of carbonyl (C=O) groups excluding carboxylic acids is 1. The molecule has 0 N–H and O–H groups in total. The Morgan fingerprint density at radius 3 is 2.84 bits per heavy atom. The zero-order valence-corrected chi connectivity index (χ0v) is 15.1. The third kappa shape index (κ3) is 3.06. The van der Waals surface area contributed by atoms with Crippen LogP contribution in [0.5, 0.6) is 0 Å². The molecule has 0 saturated heterocycles. The first-order valence-corrected chi connectivity index (χ1v) is 9.58. The minimum absolute atomic E-state index is 0.0634. The molecule has 134 valence electrons. The molecule has 1 aromatic rings. The Morgan fingerprint density at radius 1 is 1.40 bits per heavy atom. The summed E-state index contributed by atoms with van der Waals surface area (Å²) >= 11 is 0. The van der Waals surface area contributed by atoms with Crippen LogP contribution in [0, 0.1) is 11.3 Å². The molecular weight excluding hydrogens is 314 g/mol. The third-order valence-electron chi connectivity index (χ3n) is 6.23. The van der Waals surface area contributed by atoms with Crippen molar-refractivity contribution in [3.05, 3.63) is 17.7 Å². The standard InChI is InChI=1S/C19H27N5O/c1-22(19(13-20)8-3-2-4-9-19)18(25)12-23-10-7-17-16(11-23)21-14-24(17)15-5-6-15/h14-15H,2-12H2,1H3. The van der Waals surface area contributed by atoms with E-state index in [0.29, 0.717) is 12.6 Å². The van der Waals surface area contributed by atoms with Crippen LogP contribution < -0.4 is 0 Å². The van der Waals surface area contributed by atoms with Crippen molar-refractivity contribution < 1.29 is 4.79 Å². The minimum atomic E-state index is -0.593. The molecule has 2 fully saturated rings. The number of likely N-dealkylation sites (N-methyl/N-ethyl adjacent to an activating group) is 1. The molecule has 0 bridgehead atoms. The maximum absolute atomic E-state index is 12.8. The van der Waals surface area contributed by atoms with Crippen LogP contribution in [-0.4, -0.2) is 50.9 Å². The fourth-order valence-electron chi connectivity index (χ4n) is 4.38. The molecule has 0 aromatic carbocycles. The van der Waals surface area contributed by atoms with Crippen LogP contribution in [0.25, 0.3) is 0 Å². The SMILES string of the molecule is CN(C(=O)CN1CCc2c(ncn2C2CC2)C1)C1(C#N)CCCCC1. The molecule has 0 atom stereocenters. The monoisotopic (exact) mass is 341 g/mol. The second-order valence-electron chi connectivity index (χ2n) is 7.89. The highest BCUT2D eigenvalue weighted by Gasteiger charge is 2.39. The molecule has 3 aliphatic rings. The number of amides is 1. The molecule has 2 saturated carbocycles. The Balaban J connectivity index is 1.40. The average molecular weight is 341 g/mol. The number of imidazole rings is 1. The van der Waals surface area contributed by atoms with Crippen LogP contribution in [0.2, 0.25) is 0 Å². The largest absolute Gasteiger partial charge is 0.331 e. The van der Waals surface area contributed by atoms with Crippen molar-refractivity contribution >= 4 is 5.91 Å². The molecule has 2 aliphatic carbocycles. The van der Waals surface area contributed by atoms with E-state index in [0.717, 1.165) is 50.9 Å². The molecule has 0 spiro atoms. The van der Waals surface area contributed by atoms with Gasteiger partial charge in [-0.3, -0.25) is 9.69 Å². The maximum Gasteiger partial charge on any atom is 0.237 e. The lowest BCUT2D eigenvalue weighted by Crippen LogP contribution is -2.53. The van der Waals surface area contributed by atoms with Crippen LogP contribution in [0.1, 0.15) is 62.4 Å². The molecule has 1 amide bonds. The van der Waals surface area contributed by atoms with E-state index in [9.17, 15) is 10.1 Å². The van der Waals surface area contributed by atoms with Gasteiger partial charge < -0.3 is 9.47 Å². The number of aromatic nitrogens is 2. The quantitative estimate of drug-likeness (QED) is 0.843. The fraction of sp³-hybridized carbons (Fsp3) is 0.737. The molecule has 1 aliphatic heterocycles. The van der Waals surface area contributed by atoms with Crippen molar-refractivity contribution in [1.29, 1.82) is 5.26 Å². The van der Waals surface area contributed by atoms with Gasteiger partial charge in [-0.1, -0.05) is 19.3 Å². The van der Waals surface area contributed by atoms with E-state index in [1.807, 2.05) is 13.4 Å². The Bertz CT molecular complexity index is 693. The number of nitrogens with zero attached hydrogens (tertiary/aromatic N) is 5. The molecule has 0 unspecified atom stereocenters. The number of nitriles is 1. The van der Waals surface area contributed by atoms with Crippen molar-refractivity contribution in [3.63, 3.8) is 0 Å². The zero-order valence-electron chi connectivity index (χ0n) is 15.1. The molecule has 6 nitrogen and oxygen atoms in total. The van der Waals surface area contributed by atoms with Crippen molar-refractivity contribution in [3.8, 4) is 6.07 Å². The van der Waals surface area contributed by atoms with Crippen LogP contribution in [-0.2, 0) is 17.8 Å². The predicted molar refractivity (Wildman–Crippen MR) is 93.7 cm³/mol. The van der Waals surface area contributed by atoms with Crippen molar-refractivity contribution in [1.82, 2.24) is 19.4 Å². The normalized spacial score (nSPS) is 22.9. The van der Waals surface area contributed by atoms with Gasteiger partial charge in [0.1, 0.15) is 5.54 Å². The summed E-state index contributed by atoms with van der Waals surface area (Å²) in [4.78, 5) is 21.3. The van der Waals surface area contributed by atoms with Crippen molar-refractivity contribution in [2.24, 2.45) is 0 Å². The fourth-order valence-corrected chi connectivity index (χ4v) is 4.38. The zero-order chi connectivity index (χ0) is 17.4. The van der Waals surface area contributed by atoms with E-state index in [-0.39, 0.29) is 5.91 Å². The van der Waals surface area contributed by atoms with Gasteiger partial charge in [0.25, 0.3) is 0 Å². The number of fused-ring (bicyclic) bond motifs is 1. The number of carbonyl (C=O) groups is 1. The highest BCUT2D eigenvalue weighted by atomic mass is 16.2. The van der Waals surface area contributed by atoms with E-state index < -0.39 is 5.54 Å². The summed E-state index contributed by atoms with van der Waals surface area (Å²) in [6.07, 6.45) is 10.3. The first kappa shape index (κ1) is 16.6. The van der Waals surface area contributed by atoms with Gasteiger partial charge in [-0.05, 0) is 25.7 Å². The molecule has 2 heterocycles. The van der Waals surface area contributed by atoms with Crippen LogP contribution in [0.15, 0.2) is 6.33 Å². The Labute approximate surface area is 149 Å². The summed E-state index contributed by atoms with van der Waals surface area (Å²) in [7, 11) is 1.81. The lowest BCUT2D eigenvalue weighted by atomic mass is 9.81. The summed E-state index contributed by atoms with van der Waals surface area (Å²) in [6.45, 7) is 2.02. The highest BCUT2D eigenvalue weighted by molar-refractivity contribution is 5.79. The minimum Gasteiger partial charge on any atom is -0.331 e. The molecule has 25 heavy (non-hydrogen) atoms. The van der Waals surface area contributed by atoms with Gasteiger partial charge in [-0.2, -0.15) is 5.26 Å². The third-order valence-corrected chi connectivity index (χ3v) is 6.23. The lowest BCUT2D eigenvalue weighted by Gasteiger charge is -2.40. The second-order valence-corrected chi connectivity index (χ2v) is 7.89. The molecular formula is C19H27N5O. The lowest BCUT2D eigenvalue weighted by molar-refractivity contribution is -0.136. The van der Waals surface area contributed by atoms with Crippen molar-refractivity contribution in [2.75, 3.05) is 20.1 Å². The summed E-state index contributed by atoms with van der Waals surface area (Å²) in [6, 6.07) is 3.11. The van der Waals surface area contributed by atoms with Gasteiger partial charge in [-0.25, -0.2) is 4.98 Å². The second kappa shape index (κ2) is 6.45.